The van der Waals surface area contributed by atoms with Crippen molar-refractivity contribution in [2.45, 2.75) is 46.2 Å². The van der Waals surface area contributed by atoms with E-state index >= 15 is 0 Å². The number of rotatable bonds is 5. The third-order valence-corrected chi connectivity index (χ3v) is 4.34. The van der Waals surface area contributed by atoms with E-state index in [1.54, 1.807) is 0 Å². The molecule has 108 valence electrons. The zero-order valence-electron chi connectivity index (χ0n) is 12.1. The number of hydrogen-bond acceptors (Lipinski definition) is 3. The van der Waals surface area contributed by atoms with Crippen LogP contribution in [0, 0.1) is 12.8 Å². The van der Waals surface area contributed by atoms with Gasteiger partial charge in [0.05, 0.1) is 23.0 Å². The van der Waals surface area contributed by atoms with Crippen molar-refractivity contribution in [1.82, 2.24) is 15.1 Å². The maximum atomic E-state index is 6.39. The molecule has 0 saturated carbocycles. The highest BCUT2D eigenvalue weighted by Crippen LogP contribution is 2.26. The molecule has 0 aromatic carbocycles. The van der Waals surface area contributed by atoms with Crippen LogP contribution in [0.3, 0.4) is 0 Å². The first-order chi connectivity index (χ1) is 9.17. The van der Waals surface area contributed by atoms with Crippen LogP contribution in [0.25, 0.3) is 0 Å². The molecule has 1 N–H and O–H groups in total. The lowest BCUT2D eigenvalue weighted by Crippen LogP contribution is -2.43. The number of aryl methyl sites for hydroxylation is 2. The second-order valence-electron chi connectivity index (χ2n) is 5.15. The summed E-state index contributed by atoms with van der Waals surface area (Å²) in [5.74, 6) is 0.479. The zero-order valence-corrected chi connectivity index (χ0v) is 12.8. The summed E-state index contributed by atoms with van der Waals surface area (Å²) < 4.78 is 7.66. The number of hydrogen-bond donors (Lipinski definition) is 1. The van der Waals surface area contributed by atoms with Crippen molar-refractivity contribution >= 4 is 11.6 Å². The van der Waals surface area contributed by atoms with Gasteiger partial charge in [0.25, 0.3) is 0 Å². The quantitative estimate of drug-likeness (QED) is 0.903. The molecule has 2 unspecified atom stereocenters. The first kappa shape index (κ1) is 14.8. The smallest absolute Gasteiger partial charge is 0.0847 e. The maximum Gasteiger partial charge on any atom is 0.0847 e. The predicted octanol–water partition coefficient (Wildman–Crippen LogP) is 2.42. The van der Waals surface area contributed by atoms with Crippen LogP contribution in [0.1, 0.15) is 31.7 Å². The highest BCUT2D eigenvalue weighted by molar-refractivity contribution is 6.31. The van der Waals surface area contributed by atoms with Gasteiger partial charge in [0.2, 0.25) is 0 Å². The van der Waals surface area contributed by atoms with Crippen LogP contribution in [0.2, 0.25) is 5.02 Å². The van der Waals surface area contributed by atoms with Gasteiger partial charge in [-0.1, -0.05) is 18.5 Å². The highest BCUT2D eigenvalue weighted by Gasteiger charge is 2.27. The molecular weight excluding hydrogens is 262 g/mol. The lowest BCUT2D eigenvalue weighted by molar-refractivity contribution is 0.0319. The molecule has 1 aromatic rings. The van der Waals surface area contributed by atoms with E-state index < -0.39 is 0 Å². The molecule has 0 spiro atoms. The molecule has 1 fully saturated rings. The molecule has 2 heterocycles. The minimum absolute atomic E-state index is 0.479. The summed E-state index contributed by atoms with van der Waals surface area (Å²) in [4.78, 5) is 0. The Balaban J connectivity index is 2.14. The largest absolute Gasteiger partial charge is 0.381 e. The molecular formula is C14H24ClN3O. The van der Waals surface area contributed by atoms with Gasteiger partial charge < -0.3 is 10.1 Å². The summed E-state index contributed by atoms with van der Waals surface area (Å²) in [5, 5.41) is 8.88. The number of ether oxygens (including phenoxy) is 1. The molecule has 19 heavy (non-hydrogen) atoms. The van der Waals surface area contributed by atoms with Gasteiger partial charge >= 0.3 is 0 Å². The van der Waals surface area contributed by atoms with Crippen LogP contribution >= 0.6 is 11.6 Å². The van der Waals surface area contributed by atoms with Crippen molar-refractivity contribution in [3.63, 3.8) is 0 Å². The summed E-state index contributed by atoms with van der Waals surface area (Å²) >= 11 is 6.39. The Morgan fingerprint density at radius 3 is 2.95 bits per heavy atom. The first-order valence-electron chi connectivity index (χ1n) is 7.20. The fraction of sp³-hybridized carbons (Fsp3) is 0.786. The van der Waals surface area contributed by atoms with E-state index in [2.05, 4.69) is 24.3 Å². The van der Waals surface area contributed by atoms with Gasteiger partial charge in [-0.05, 0) is 33.2 Å². The van der Waals surface area contributed by atoms with Gasteiger partial charge in [-0.3, -0.25) is 4.68 Å². The van der Waals surface area contributed by atoms with E-state index in [4.69, 9.17) is 16.3 Å². The number of nitrogens with zero attached hydrogens (tertiary/aromatic N) is 2. The molecule has 4 nitrogen and oxygen atoms in total. The van der Waals surface area contributed by atoms with Gasteiger partial charge in [-0.2, -0.15) is 5.10 Å². The molecule has 2 atom stereocenters. The summed E-state index contributed by atoms with van der Waals surface area (Å²) in [5.41, 5.74) is 2.08. The van der Waals surface area contributed by atoms with Crippen molar-refractivity contribution in [1.29, 1.82) is 0 Å². The van der Waals surface area contributed by atoms with Crippen molar-refractivity contribution in [2.24, 2.45) is 5.92 Å². The minimum Gasteiger partial charge on any atom is -0.381 e. The van der Waals surface area contributed by atoms with Crippen LogP contribution in [0.15, 0.2) is 0 Å². The number of aromatic nitrogens is 2. The summed E-state index contributed by atoms with van der Waals surface area (Å²) in [6.45, 7) is 9.75. The molecule has 2 rings (SSSR count). The SMILES string of the molecule is CCNC1CCOCC1Cc1c(Cl)c(C)nn1CC. The Morgan fingerprint density at radius 2 is 2.26 bits per heavy atom. The van der Waals surface area contributed by atoms with Crippen molar-refractivity contribution in [3.05, 3.63) is 16.4 Å². The van der Waals surface area contributed by atoms with Crippen molar-refractivity contribution < 1.29 is 4.74 Å². The van der Waals surface area contributed by atoms with Crippen molar-refractivity contribution in [2.75, 3.05) is 19.8 Å². The average Bonchev–Trinajstić information content (AvgIpc) is 2.69. The molecule has 1 aromatic heterocycles. The standard InChI is InChI=1S/C14H24ClN3O/c1-4-16-12-6-7-19-9-11(12)8-13-14(15)10(3)17-18(13)5-2/h11-12,16H,4-9H2,1-3H3. The number of halogens is 1. The molecule has 1 saturated heterocycles. The van der Waals surface area contributed by atoms with Crippen LogP contribution in [0.5, 0.6) is 0 Å². The number of nitrogens with one attached hydrogen (secondary N) is 1. The highest BCUT2D eigenvalue weighted by atomic mass is 35.5. The third kappa shape index (κ3) is 3.30. The van der Waals surface area contributed by atoms with Gasteiger partial charge in [0.15, 0.2) is 0 Å². The Labute approximate surface area is 120 Å². The van der Waals surface area contributed by atoms with Gasteiger partial charge in [-0.15, -0.1) is 0 Å². The van der Waals surface area contributed by atoms with Gasteiger partial charge in [0.1, 0.15) is 0 Å². The Kier molecular flexibility index (Phi) is 5.25. The second kappa shape index (κ2) is 6.73. The van der Waals surface area contributed by atoms with E-state index in [1.165, 1.54) is 0 Å². The van der Waals surface area contributed by atoms with Gasteiger partial charge in [0, 0.05) is 25.1 Å². The van der Waals surface area contributed by atoms with Crippen molar-refractivity contribution in [3.8, 4) is 0 Å². The Morgan fingerprint density at radius 1 is 1.47 bits per heavy atom. The lowest BCUT2D eigenvalue weighted by atomic mass is 9.91. The van der Waals surface area contributed by atoms with E-state index in [0.29, 0.717) is 12.0 Å². The van der Waals surface area contributed by atoms with E-state index in [1.807, 2.05) is 11.6 Å². The molecule has 0 aliphatic carbocycles. The summed E-state index contributed by atoms with van der Waals surface area (Å²) in [6.07, 6.45) is 2.01. The fourth-order valence-electron chi connectivity index (χ4n) is 2.84. The maximum absolute atomic E-state index is 6.39. The Bertz CT molecular complexity index is 417. The second-order valence-corrected chi connectivity index (χ2v) is 5.53. The minimum atomic E-state index is 0.479. The summed E-state index contributed by atoms with van der Waals surface area (Å²) in [6, 6.07) is 0.523. The average molecular weight is 286 g/mol. The third-order valence-electron chi connectivity index (χ3n) is 3.85. The summed E-state index contributed by atoms with van der Waals surface area (Å²) in [7, 11) is 0. The molecule has 0 amide bonds. The van der Waals surface area contributed by atoms with Crippen LogP contribution in [-0.4, -0.2) is 35.6 Å². The topological polar surface area (TPSA) is 39.1 Å². The molecule has 1 aliphatic rings. The Hall–Kier alpha value is -0.580. The van der Waals surface area contributed by atoms with Crippen LogP contribution < -0.4 is 5.32 Å². The van der Waals surface area contributed by atoms with E-state index in [0.717, 1.165) is 55.6 Å². The van der Waals surface area contributed by atoms with Gasteiger partial charge in [-0.25, -0.2) is 0 Å². The normalized spacial score (nSPS) is 23.8. The molecule has 0 bridgehead atoms. The van der Waals surface area contributed by atoms with E-state index in [9.17, 15) is 0 Å². The molecule has 5 heteroatoms. The fourth-order valence-corrected chi connectivity index (χ4v) is 3.05. The van der Waals surface area contributed by atoms with E-state index in [-0.39, 0.29) is 0 Å². The van der Waals surface area contributed by atoms with Crippen LogP contribution in [0.4, 0.5) is 0 Å². The van der Waals surface area contributed by atoms with Crippen LogP contribution in [-0.2, 0) is 17.7 Å². The lowest BCUT2D eigenvalue weighted by Gasteiger charge is -2.32. The molecule has 1 aliphatic heterocycles. The predicted molar refractivity (Wildman–Crippen MR) is 77.7 cm³/mol. The molecule has 0 radical (unpaired) electrons. The monoisotopic (exact) mass is 285 g/mol. The zero-order chi connectivity index (χ0) is 13.8. The first-order valence-corrected chi connectivity index (χ1v) is 7.58.